The van der Waals surface area contributed by atoms with E-state index < -0.39 is 5.97 Å². The summed E-state index contributed by atoms with van der Waals surface area (Å²) >= 11 is 0. The number of nitrogens with zero attached hydrogens (tertiary/aromatic N) is 1. The number of H-pyrrole nitrogens is 1. The molecule has 1 aliphatic heterocycles. The molecule has 0 atom stereocenters. The summed E-state index contributed by atoms with van der Waals surface area (Å²) in [7, 11) is 1.32. The molecule has 7 heteroatoms. The molecule has 1 aromatic carbocycles. The predicted molar refractivity (Wildman–Crippen MR) is 102 cm³/mol. The van der Waals surface area contributed by atoms with Crippen molar-refractivity contribution in [1.82, 2.24) is 4.98 Å². The monoisotopic (exact) mass is 369 g/mol. The first-order chi connectivity index (χ1) is 13.0. The molecular formula is C20H23N3O4. The van der Waals surface area contributed by atoms with Gasteiger partial charge in [0.1, 0.15) is 5.69 Å². The van der Waals surface area contributed by atoms with E-state index in [9.17, 15) is 14.4 Å². The van der Waals surface area contributed by atoms with E-state index in [1.165, 1.54) is 7.11 Å². The molecule has 2 amide bonds. The van der Waals surface area contributed by atoms with Crippen LogP contribution in [0.25, 0.3) is 0 Å². The van der Waals surface area contributed by atoms with Crippen LogP contribution in [-0.4, -0.2) is 36.4 Å². The van der Waals surface area contributed by atoms with Crippen LogP contribution in [0.1, 0.15) is 51.9 Å². The number of aryl methyl sites for hydroxylation is 1. The molecule has 0 unspecified atom stereocenters. The largest absolute Gasteiger partial charge is 0.465 e. The first-order valence-corrected chi connectivity index (χ1v) is 8.97. The Balaban J connectivity index is 1.85. The van der Waals surface area contributed by atoms with E-state index in [0.29, 0.717) is 47.6 Å². The topological polar surface area (TPSA) is 91.5 Å². The van der Waals surface area contributed by atoms with Gasteiger partial charge in [0, 0.05) is 30.0 Å². The number of aromatic nitrogens is 1. The lowest BCUT2D eigenvalue weighted by Crippen LogP contribution is -2.23. The quantitative estimate of drug-likeness (QED) is 0.793. The average Bonchev–Trinajstić information content (AvgIpc) is 3.24. The standard InChI is InChI=1S/C20H23N3O4/c1-4-15-17(20(26)27-3)12(2)18(22-15)19(25)21-13-7-5-8-14(11-13)23-10-6-9-16(23)24/h5,7-8,11,22H,4,6,9-10H2,1-3H3,(H,21,25). The number of methoxy groups -OCH3 is 1. The molecule has 1 aromatic heterocycles. The fourth-order valence-corrected chi connectivity index (χ4v) is 3.40. The van der Waals surface area contributed by atoms with E-state index in [1.807, 2.05) is 13.0 Å². The molecule has 2 aromatic rings. The van der Waals surface area contributed by atoms with Gasteiger partial charge in [-0.05, 0) is 43.5 Å². The summed E-state index contributed by atoms with van der Waals surface area (Å²) in [5.74, 6) is -0.717. The van der Waals surface area contributed by atoms with Gasteiger partial charge in [-0.25, -0.2) is 4.79 Å². The minimum Gasteiger partial charge on any atom is -0.465 e. The van der Waals surface area contributed by atoms with Gasteiger partial charge in [0.2, 0.25) is 5.91 Å². The van der Waals surface area contributed by atoms with Crippen LogP contribution in [-0.2, 0) is 16.0 Å². The Labute approximate surface area is 157 Å². The van der Waals surface area contributed by atoms with Gasteiger partial charge < -0.3 is 19.9 Å². The van der Waals surface area contributed by atoms with E-state index >= 15 is 0 Å². The van der Waals surface area contributed by atoms with Gasteiger partial charge in [0.25, 0.3) is 5.91 Å². The molecule has 0 radical (unpaired) electrons. The molecule has 1 saturated heterocycles. The SMILES string of the molecule is CCc1[nH]c(C(=O)Nc2cccc(N3CCCC3=O)c2)c(C)c1C(=O)OC. The fourth-order valence-electron chi connectivity index (χ4n) is 3.40. The number of rotatable bonds is 5. The van der Waals surface area contributed by atoms with Gasteiger partial charge in [-0.3, -0.25) is 9.59 Å². The second kappa shape index (κ2) is 7.65. The number of anilines is 2. The Morgan fingerprint density at radius 3 is 2.74 bits per heavy atom. The number of benzene rings is 1. The molecule has 27 heavy (non-hydrogen) atoms. The highest BCUT2D eigenvalue weighted by Gasteiger charge is 2.24. The summed E-state index contributed by atoms with van der Waals surface area (Å²) in [6.45, 7) is 4.31. The molecular weight excluding hydrogens is 346 g/mol. The first kappa shape index (κ1) is 18.7. The van der Waals surface area contributed by atoms with Crippen molar-refractivity contribution >= 4 is 29.2 Å². The molecule has 142 valence electrons. The van der Waals surface area contributed by atoms with E-state index in [-0.39, 0.29) is 11.8 Å². The van der Waals surface area contributed by atoms with Gasteiger partial charge in [0.15, 0.2) is 0 Å². The summed E-state index contributed by atoms with van der Waals surface area (Å²) in [5, 5.41) is 2.84. The lowest BCUT2D eigenvalue weighted by Gasteiger charge is -2.16. The van der Waals surface area contributed by atoms with Crippen molar-refractivity contribution in [3.8, 4) is 0 Å². The number of carbonyl (C=O) groups excluding carboxylic acids is 3. The van der Waals surface area contributed by atoms with Crippen molar-refractivity contribution in [2.24, 2.45) is 0 Å². The summed E-state index contributed by atoms with van der Waals surface area (Å²) in [6, 6.07) is 7.20. The molecule has 2 N–H and O–H groups in total. The van der Waals surface area contributed by atoms with Gasteiger partial charge in [-0.15, -0.1) is 0 Å². The molecule has 2 heterocycles. The Kier molecular flexibility index (Phi) is 5.30. The number of amides is 2. The van der Waals surface area contributed by atoms with Crippen LogP contribution in [0.4, 0.5) is 11.4 Å². The van der Waals surface area contributed by atoms with Crippen LogP contribution in [0.5, 0.6) is 0 Å². The maximum Gasteiger partial charge on any atom is 0.339 e. The summed E-state index contributed by atoms with van der Waals surface area (Å²) < 4.78 is 4.83. The fraction of sp³-hybridized carbons (Fsp3) is 0.350. The normalized spacial score (nSPS) is 13.7. The number of carbonyl (C=O) groups is 3. The summed E-state index contributed by atoms with van der Waals surface area (Å²) in [6.07, 6.45) is 1.96. The van der Waals surface area contributed by atoms with Gasteiger partial charge >= 0.3 is 5.97 Å². The number of ether oxygens (including phenoxy) is 1. The molecule has 1 aliphatic rings. The van der Waals surface area contributed by atoms with E-state index in [1.54, 1.807) is 30.0 Å². The van der Waals surface area contributed by atoms with Crippen LogP contribution in [0.15, 0.2) is 24.3 Å². The van der Waals surface area contributed by atoms with Crippen molar-refractivity contribution < 1.29 is 19.1 Å². The molecule has 0 bridgehead atoms. The Morgan fingerprint density at radius 1 is 1.33 bits per heavy atom. The predicted octanol–water partition coefficient (Wildman–Crippen LogP) is 3.05. The average molecular weight is 369 g/mol. The zero-order valence-corrected chi connectivity index (χ0v) is 15.7. The second-order valence-electron chi connectivity index (χ2n) is 6.48. The van der Waals surface area contributed by atoms with Crippen molar-refractivity contribution in [3.05, 3.63) is 46.8 Å². The van der Waals surface area contributed by atoms with E-state index in [2.05, 4.69) is 10.3 Å². The van der Waals surface area contributed by atoms with Crippen molar-refractivity contribution in [2.45, 2.75) is 33.1 Å². The molecule has 0 aliphatic carbocycles. The van der Waals surface area contributed by atoms with Gasteiger partial charge in [-0.1, -0.05) is 13.0 Å². The minimum atomic E-state index is -0.464. The molecule has 1 fully saturated rings. The molecule has 0 spiro atoms. The lowest BCUT2D eigenvalue weighted by molar-refractivity contribution is -0.117. The van der Waals surface area contributed by atoms with Gasteiger partial charge in [0.05, 0.1) is 12.7 Å². The maximum atomic E-state index is 12.7. The third-order valence-electron chi connectivity index (χ3n) is 4.79. The number of nitrogens with one attached hydrogen (secondary N) is 2. The first-order valence-electron chi connectivity index (χ1n) is 8.97. The summed E-state index contributed by atoms with van der Waals surface area (Å²) in [4.78, 5) is 41.5. The van der Waals surface area contributed by atoms with E-state index in [4.69, 9.17) is 4.74 Å². The number of aromatic amines is 1. The highest BCUT2D eigenvalue weighted by atomic mass is 16.5. The van der Waals surface area contributed by atoms with Crippen LogP contribution in [0, 0.1) is 6.92 Å². The van der Waals surface area contributed by atoms with Crippen molar-refractivity contribution in [1.29, 1.82) is 0 Å². The Morgan fingerprint density at radius 2 is 2.11 bits per heavy atom. The maximum absolute atomic E-state index is 12.7. The number of esters is 1. The van der Waals surface area contributed by atoms with E-state index in [0.717, 1.165) is 12.1 Å². The molecule has 0 saturated carbocycles. The highest BCUT2D eigenvalue weighted by molar-refractivity contribution is 6.07. The van der Waals surface area contributed by atoms with Gasteiger partial charge in [-0.2, -0.15) is 0 Å². The Hall–Kier alpha value is -3.09. The number of hydrogen-bond donors (Lipinski definition) is 2. The second-order valence-corrected chi connectivity index (χ2v) is 6.48. The summed E-state index contributed by atoms with van der Waals surface area (Å²) in [5.41, 5.74) is 3.31. The molecule has 7 nitrogen and oxygen atoms in total. The lowest BCUT2D eigenvalue weighted by atomic mass is 10.1. The highest BCUT2D eigenvalue weighted by Crippen LogP contribution is 2.25. The minimum absolute atomic E-state index is 0.0917. The van der Waals surface area contributed by atoms with Crippen LogP contribution in [0.3, 0.4) is 0 Å². The third kappa shape index (κ3) is 3.58. The number of hydrogen-bond acceptors (Lipinski definition) is 4. The molecule has 3 rings (SSSR count). The van der Waals surface area contributed by atoms with Crippen LogP contribution < -0.4 is 10.2 Å². The zero-order chi connectivity index (χ0) is 19.6. The Bertz CT molecular complexity index is 901. The third-order valence-corrected chi connectivity index (χ3v) is 4.79. The smallest absolute Gasteiger partial charge is 0.339 e. The van der Waals surface area contributed by atoms with Crippen LogP contribution in [0.2, 0.25) is 0 Å². The van der Waals surface area contributed by atoms with Crippen molar-refractivity contribution in [2.75, 3.05) is 23.9 Å². The van der Waals surface area contributed by atoms with Crippen molar-refractivity contribution in [3.63, 3.8) is 0 Å². The zero-order valence-electron chi connectivity index (χ0n) is 15.7. The van der Waals surface area contributed by atoms with Crippen LogP contribution >= 0.6 is 0 Å².